The maximum Gasteiger partial charge on any atom is 0.237 e. The molecular weight excluding hydrogens is 320 g/mol. The van der Waals surface area contributed by atoms with Gasteiger partial charge in [-0.2, -0.15) is 0 Å². The van der Waals surface area contributed by atoms with Crippen LogP contribution in [0.2, 0.25) is 0 Å². The molecule has 112 valence electrons. The second-order valence-corrected chi connectivity index (χ2v) is 6.80. The number of hydrogen-bond acceptors (Lipinski definition) is 3. The van der Waals surface area contributed by atoms with E-state index in [1.165, 1.54) is 0 Å². The average molecular weight is 343 g/mol. The molecule has 4 nitrogen and oxygen atoms in total. The first-order valence-electron chi connectivity index (χ1n) is 6.66. The summed E-state index contributed by atoms with van der Waals surface area (Å²) in [7, 11) is 0. The molecule has 0 aliphatic rings. The van der Waals surface area contributed by atoms with Crippen molar-refractivity contribution < 1.29 is 9.53 Å². The average Bonchev–Trinajstić information content (AvgIpc) is 2.36. The van der Waals surface area contributed by atoms with Crippen molar-refractivity contribution in [1.29, 1.82) is 0 Å². The molecule has 3 N–H and O–H groups in total. The van der Waals surface area contributed by atoms with E-state index in [2.05, 4.69) is 21.2 Å². The summed E-state index contributed by atoms with van der Waals surface area (Å²) in [4.78, 5) is 11.9. The van der Waals surface area contributed by atoms with E-state index in [0.717, 1.165) is 10.2 Å². The van der Waals surface area contributed by atoms with Crippen molar-refractivity contribution in [3.63, 3.8) is 0 Å². The normalized spacial score (nSPS) is 14.5. The van der Waals surface area contributed by atoms with Crippen molar-refractivity contribution in [3.8, 4) is 5.75 Å². The lowest BCUT2D eigenvalue weighted by atomic mass is 9.87. The van der Waals surface area contributed by atoms with Crippen LogP contribution < -0.4 is 15.8 Å². The van der Waals surface area contributed by atoms with Crippen LogP contribution in [-0.2, 0) is 4.79 Å². The molecule has 0 bridgehead atoms. The van der Waals surface area contributed by atoms with Crippen molar-refractivity contribution >= 4 is 21.8 Å². The quantitative estimate of drug-likeness (QED) is 0.864. The number of halogens is 1. The Morgan fingerprint density at radius 3 is 2.55 bits per heavy atom. The van der Waals surface area contributed by atoms with Crippen LogP contribution in [0.15, 0.2) is 28.7 Å². The van der Waals surface area contributed by atoms with Crippen LogP contribution in [0.4, 0.5) is 0 Å². The fourth-order valence-electron chi connectivity index (χ4n) is 1.55. The number of para-hydroxylation sites is 1. The molecule has 1 rings (SSSR count). The monoisotopic (exact) mass is 342 g/mol. The van der Waals surface area contributed by atoms with E-state index >= 15 is 0 Å². The van der Waals surface area contributed by atoms with Gasteiger partial charge in [-0.05, 0) is 40.4 Å². The molecule has 0 saturated carbocycles. The zero-order valence-corrected chi connectivity index (χ0v) is 14.0. The summed E-state index contributed by atoms with van der Waals surface area (Å²) in [6.45, 7) is 8.15. The van der Waals surface area contributed by atoms with Crippen LogP contribution in [0.5, 0.6) is 5.75 Å². The van der Waals surface area contributed by atoms with Crippen molar-refractivity contribution in [2.75, 3.05) is 6.54 Å². The van der Waals surface area contributed by atoms with Gasteiger partial charge in [-0.25, -0.2) is 0 Å². The minimum Gasteiger partial charge on any atom is -0.488 e. The maximum absolute atomic E-state index is 11.9. The van der Waals surface area contributed by atoms with Gasteiger partial charge in [0, 0.05) is 0 Å². The SMILES string of the molecule is CC(CNC(=O)[C@@H](N)C(C)(C)C)Oc1ccccc1Br. The second kappa shape index (κ2) is 7.09. The van der Waals surface area contributed by atoms with Crippen molar-refractivity contribution in [2.24, 2.45) is 11.1 Å². The maximum atomic E-state index is 11.9. The Kier molecular flexibility index (Phi) is 6.02. The number of ether oxygens (including phenoxy) is 1. The Hall–Kier alpha value is -1.07. The van der Waals surface area contributed by atoms with Crippen LogP contribution >= 0.6 is 15.9 Å². The number of rotatable bonds is 5. The summed E-state index contributed by atoms with van der Waals surface area (Å²) in [5, 5.41) is 2.82. The Bertz CT molecular complexity index is 457. The predicted octanol–water partition coefficient (Wildman–Crippen LogP) is 2.71. The summed E-state index contributed by atoms with van der Waals surface area (Å²) in [5.74, 6) is 0.606. The highest BCUT2D eigenvalue weighted by Crippen LogP contribution is 2.24. The summed E-state index contributed by atoms with van der Waals surface area (Å²) in [6.07, 6.45) is -0.134. The van der Waals surface area contributed by atoms with Gasteiger partial charge in [0.25, 0.3) is 0 Å². The molecule has 0 aromatic heterocycles. The van der Waals surface area contributed by atoms with Crippen LogP contribution in [0.1, 0.15) is 27.7 Å². The fourth-order valence-corrected chi connectivity index (χ4v) is 1.92. The summed E-state index contributed by atoms with van der Waals surface area (Å²) < 4.78 is 6.65. The molecule has 20 heavy (non-hydrogen) atoms. The molecule has 0 fully saturated rings. The molecular formula is C15H23BrN2O2. The fraction of sp³-hybridized carbons (Fsp3) is 0.533. The highest BCUT2D eigenvalue weighted by Gasteiger charge is 2.27. The number of nitrogens with two attached hydrogens (primary N) is 1. The van der Waals surface area contributed by atoms with Gasteiger partial charge in [-0.3, -0.25) is 4.79 Å². The largest absolute Gasteiger partial charge is 0.488 e. The smallest absolute Gasteiger partial charge is 0.237 e. The van der Waals surface area contributed by atoms with Gasteiger partial charge < -0.3 is 15.8 Å². The van der Waals surface area contributed by atoms with E-state index < -0.39 is 6.04 Å². The number of benzene rings is 1. The Balaban J connectivity index is 2.46. The van der Waals surface area contributed by atoms with Crippen LogP contribution in [0.3, 0.4) is 0 Å². The summed E-state index contributed by atoms with van der Waals surface area (Å²) in [5.41, 5.74) is 5.64. The molecule has 5 heteroatoms. The van der Waals surface area contributed by atoms with Gasteiger partial charge in [-0.1, -0.05) is 32.9 Å². The van der Waals surface area contributed by atoms with E-state index in [4.69, 9.17) is 10.5 Å². The number of nitrogens with one attached hydrogen (secondary N) is 1. The highest BCUT2D eigenvalue weighted by molar-refractivity contribution is 9.10. The standard InChI is InChI=1S/C15H23BrN2O2/c1-10(20-12-8-6-5-7-11(12)16)9-18-14(19)13(17)15(2,3)4/h5-8,10,13H,9,17H2,1-4H3,(H,18,19)/t10?,13-/m1/s1. The number of carbonyl (C=O) groups is 1. The van der Waals surface area contributed by atoms with Crippen LogP contribution in [0.25, 0.3) is 0 Å². The minimum absolute atomic E-state index is 0.134. The number of carbonyl (C=O) groups excluding carboxylic acids is 1. The zero-order chi connectivity index (χ0) is 15.3. The lowest BCUT2D eigenvalue weighted by Crippen LogP contribution is -2.50. The first-order valence-corrected chi connectivity index (χ1v) is 7.45. The van der Waals surface area contributed by atoms with Crippen molar-refractivity contribution in [1.82, 2.24) is 5.32 Å². The van der Waals surface area contributed by atoms with E-state index in [9.17, 15) is 4.79 Å². The molecule has 1 aromatic carbocycles. The third-order valence-electron chi connectivity index (χ3n) is 2.94. The molecule has 0 radical (unpaired) electrons. The molecule has 0 spiro atoms. The third kappa shape index (κ3) is 5.13. The molecule has 1 amide bonds. The van der Waals surface area contributed by atoms with E-state index in [1.807, 2.05) is 52.0 Å². The molecule has 0 saturated heterocycles. The summed E-state index contributed by atoms with van der Waals surface area (Å²) in [6, 6.07) is 7.09. The highest BCUT2D eigenvalue weighted by atomic mass is 79.9. The lowest BCUT2D eigenvalue weighted by molar-refractivity contribution is -0.124. The lowest BCUT2D eigenvalue weighted by Gasteiger charge is -2.26. The molecule has 1 aromatic rings. The molecule has 2 atom stereocenters. The van der Waals surface area contributed by atoms with E-state index in [1.54, 1.807) is 0 Å². The molecule has 0 aliphatic heterocycles. The molecule has 1 unspecified atom stereocenters. The van der Waals surface area contributed by atoms with Crippen LogP contribution in [-0.4, -0.2) is 24.6 Å². The van der Waals surface area contributed by atoms with Gasteiger partial charge in [0.1, 0.15) is 11.9 Å². The van der Waals surface area contributed by atoms with Crippen molar-refractivity contribution in [3.05, 3.63) is 28.7 Å². The number of hydrogen-bond donors (Lipinski definition) is 2. The molecule has 0 heterocycles. The minimum atomic E-state index is -0.529. The van der Waals surface area contributed by atoms with Gasteiger partial charge in [0.15, 0.2) is 0 Å². The van der Waals surface area contributed by atoms with E-state index in [0.29, 0.717) is 6.54 Å². The number of amides is 1. The van der Waals surface area contributed by atoms with Gasteiger partial charge in [0.2, 0.25) is 5.91 Å². The Labute approximate surface area is 129 Å². The van der Waals surface area contributed by atoms with Gasteiger partial charge in [-0.15, -0.1) is 0 Å². The predicted molar refractivity (Wildman–Crippen MR) is 84.7 cm³/mol. The topological polar surface area (TPSA) is 64.4 Å². The first kappa shape index (κ1) is 17.0. The van der Waals surface area contributed by atoms with Gasteiger partial charge in [0.05, 0.1) is 17.1 Å². The Morgan fingerprint density at radius 2 is 2.00 bits per heavy atom. The van der Waals surface area contributed by atoms with Gasteiger partial charge >= 0.3 is 0 Å². The van der Waals surface area contributed by atoms with Crippen LogP contribution in [0, 0.1) is 5.41 Å². The first-order chi connectivity index (χ1) is 9.21. The second-order valence-electron chi connectivity index (χ2n) is 5.95. The van der Waals surface area contributed by atoms with E-state index in [-0.39, 0.29) is 17.4 Å². The summed E-state index contributed by atoms with van der Waals surface area (Å²) >= 11 is 3.42. The molecule has 0 aliphatic carbocycles. The van der Waals surface area contributed by atoms with Crippen molar-refractivity contribution in [2.45, 2.75) is 39.8 Å². The third-order valence-corrected chi connectivity index (χ3v) is 3.60. The Morgan fingerprint density at radius 1 is 1.40 bits per heavy atom. The zero-order valence-electron chi connectivity index (χ0n) is 12.4.